The molecule has 1 aromatic carbocycles. The van der Waals surface area contributed by atoms with E-state index in [0.29, 0.717) is 18.4 Å². The minimum absolute atomic E-state index is 0.0328. The predicted octanol–water partition coefficient (Wildman–Crippen LogP) is 3.30. The molecule has 1 fully saturated rings. The lowest BCUT2D eigenvalue weighted by atomic mass is 9.80. The van der Waals surface area contributed by atoms with Crippen molar-refractivity contribution in [3.63, 3.8) is 0 Å². The van der Waals surface area contributed by atoms with E-state index in [9.17, 15) is 22.8 Å². The number of halogens is 4. The fraction of sp³-hybridized carbons (Fsp3) is 0.357. The Kier molecular flexibility index (Phi) is 8.24. The summed E-state index contributed by atoms with van der Waals surface area (Å²) in [7, 11) is 0. The zero-order valence-corrected chi connectivity index (χ0v) is 23.6. The Balaban J connectivity index is 1.33. The van der Waals surface area contributed by atoms with E-state index in [1.165, 1.54) is 29.1 Å². The molecule has 0 aliphatic heterocycles. The van der Waals surface area contributed by atoms with E-state index in [0.717, 1.165) is 16.9 Å². The van der Waals surface area contributed by atoms with Crippen LogP contribution in [-0.4, -0.2) is 54.6 Å². The molecule has 2 amide bonds. The number of carbonyl (C=O) groups excluding carboxylic acids is 2. The molecule has 3 heterocycles. The van der Waals surface area contributed by atoms with E-state index < -0.39 is 29.6 Å². The number of nitriles is 1. The Labute approximate surface area is 248 Å². The quantitative estimate of drug-likeness (QED) is 0.209. The number of nitrogens with one attached hydrogen (secondary N) is 3. The summed E-state index contributed by atoms with van der Waals surface area (Å²) in [6.07, 6.45) is 1.54. The maximum atomic E-state index is 15.2. The second-order valence-corrected chi connectivity index (χ2v) is 10.7. The summed E-state index contributed by atoms with van der Waals surface area (Å²) in [4.78, 5) is 33.5. The van der Waals surface area contributed by atoms with Crippen LogP contribution >= 0.6 is 0 Å². The molecule has 1 unspecified atom stereocenters. The highest BCUT2D eigenvalue weighted by molar-refractivity contribution is 5.96. The number of aryl methyl sites for hydroxylation is 1. The Morgan fingerprint density at radius 3 is 2.66 bits per heavy atom. The standard InChI is InChI=1S/C28H28F4N10O2/c1-14-7-18(10-20(29)22(14)27(44)38-15(2)11-37-26(43)16-8-17(34)9-16)39-24-25-36-12-21(42(25)6-4-35-24)19-13-41(5-3-33)40-23(19)28(30,31)32/h4,6-7,10,12-13,15-17H,5,8-9,11,34H2,1-2H3,(H,35,39)(H,37,43)(H,38,44). The smallest absolute Gasteiger partial charge is 0.354 e. The lowest BCUT2D eigenvalue weighted by Gasteiger charge is -2.31. The first kappa shape index (κ1) is 30.4. The molecule has 12 nitrogen and oxygen atoms in total. The largest absolute Gasteiger partial charge is 0.435 e. The number of imidazole rings is 1. The molecule has 0 radical (unpaired) electrons. The number of carbonyl (C=O) groups is 2. The monoisotopic (exact) mass is 612 g/mol. The first-order valence-corrected chi connectivity index (χ1v) is 13.6. The molecule has 3 aromatic heterocycles. The summed E-state index contributed by atoms with van der Waals surface area (Å²) < 4.78 is 58.7. The second-order valence-electron chi connectivity index (χ2n) is 10.7. The molecular formula is C28H28F4N10O2. The van der Waals surface area contributed by atoms with Gasteiger partial charge in [0.15, 0.2) is 17.2 Å². The van der Waals surface area contributed by atoms with Gasteiger partial charge in [-0.2, -0.15) is 23.5 Å². The van der Waals surface area contributed by atoms with E-state index in [-0.39, 0.29) is 64.9 Å². The molecule has 1 aliphatic carbocycles. The molecule has 5 rings (SSSR count). The van der Waals surface area contributed by atoms with Crippen LogP contribution in [0.15, 0.2) is 36.9 Å². The van der Waals surface area contributed by atoms with Crippen LogP contribution in [0.2, 0.25) is 0 Å². The van der Waals surface area contributed by atoms with Crippen LogP contribution in [0, 0.1) is 30.0 Å². The molecule has 4 aromatic rings. The van der Waals surface area contributed by atoms with E-state index >= 15 is 4.39 Å². The number of hydrogen-bond donors (Lipinski definition) is 4. The average molecular weight is 613 g/mol. The molecule has 5 N–H and O–H groups in total. The molecule has 230 valence electrons. The number of nitrogens with zero attached hydrogens (tertiary/aromatic N) is 6. The van der Waals surface area contributed by atoms with Gasteiger partial charge in [-0.3, -0.25) is 18.7 Å². The zero-order valence-electron chi connectivity index (χ0n) is 23.6. The second kappa shape index (κ2) is 11.9. The molecular weight excluding hydrogens is 584 g/mol. The number of hydrogen-bond acceptors (Lipinski definition) is 8. The van der Waals surface area contributed by atoms with Crippen LogP contribution in [0.5, 0.6) is 0 Å². The number of amides is 2. The Morgan fingerprint density at radius 1 is 1.25 bits per heavy atom. The summed E-state index contributed by atoms with van der Waals surface area (Å²) in [6, 6.07) is 3.93. The molecule has 1 saturated carbocycles. The van der Waals surface area contributed by atoms with Gasteiger partial charge in [0.1, 0.15) is 12.4 Å². The first-order chi connectivity index (χ1) is 20.8. The molecule has 1 atom stereocenters. The number of nitrogens with two attached hydrogens (primary N) is 1. The zero-order chi connectivity index (χ0) is 31.8. The van der Waals surface area contributed by atoms with Crippen molar-refractivity contribution in [1.29, 1.82) is 5.26 Å². The summed E-state index contributed by atoms with van der Waals surface area (Å²) >= 11 is 0. The molecule has 0 spiro atoms. The van der Waals surface area contributed by atoms with Crippen molar-refractivity contribution >= 4 is 29.0 Å². The van der Waals surface area contributed by atoms with E-state index in [1.807, 2.05) is 0 Å². The van der Waals surface area contributed by atoms with Crippen molar-refractivity contribution in [1.82, 2.24) is 34.8 Å². The van der Waals surface area contributed by atoms with Crippen molar-refractivity contribution in [3.8, 4) is 17.3 Å². The van der Waals surface area contributed by atoms with Gasteiger partial charge in [0.2, 0.25) is 5.91 Å². The van der Waals surface area contributed by atoms with E-state index in [2.05, 4.69) is 31.0 Å². The molecule has 44 heavy (non-hydrogen) atoms. The van der Waals surface area contributed by atoms with Gasteiger partial charge >= 0.3 is 6.18 Å². The number of fused-ring (bicyclic) bond motifs is 1. The number of benzene rings is 1. The average Bonchev–Trinajstić information content (AvgIpc) is 3.55. The van der Waals surface area contributed by atoms with Crippen LogP contribution in [0.25, 0.3) is 16.9 Å². The van der Waals surface area contributed by atoms with Crippen molar-refractivity contribution in [2.24, 2.45) is 11.7 Å². The predicted molar refractivity (Wildman–Crippen MR) is 150 cm³/mol. The Hall–Kier alpha value is -5.04. The maximum absolute atomic E-state index is 15.2. The highest BCUT2D eigenvalue weighted by atomic mass is 19.4. The van der Waals surface area contributed by atoms with Gasteiger partial charge in [-0.15, -0.1) is 0 Å². The lowest BCUT2D eigenvalue weighted by molar-refractivity contribution is -0.141. The molecule has 16 heteroatoms. The molecule has 0 saturated heterocycles. The highest BCUT2D eigenvalue weighted by Crippen LogP contribution is 2.37. The fourth-order valence-electron chi connectivity index (χ4n) is 5.04. The summed E-state index contributed by atoms with van der Waals surface area (Å²) in [6.45, 7) is 3.03. The van der Waals surface area contributed by atoms with Gasteiger partial charge in [-0.25, -0.2) is 14.4 Å². The first-order valence-electron chi connectivity index (χ1n) is 13.6. The van der Waals surface area contributed by atoms with E-state index in [4.69, 9.17) is 11.0 Å². The Bertz CT molecular complexity index is 1750. The number of rotatable bonds is 9. The highest BCUT2D eigenvalue weighted by Gasteiger charge is 2.38. The van der Waals surface area contributed by atoms with E-state index in [1.54, 1.807) is 19.9 Å². The van der Waals surface area contributed by atoms with Crippen LogP contribution < -0.4 is 21.7 Å². The van der Waals surface area contributed by atoms with Gasteiger partial charge < -0.3 is 21.7 Å². The third kappa shape index (κ3) is 6.18. The van der Waals surface area contributed by atoms with Gasteiger partial charge in [-0.1, -0.05) is 0 Å². The molecule has 0 bridgehead atoms. The third-order valence-electron chi connectivity index (χ3n) is 7.25. The minimum Gasteiger partial charge on any atom is -0.354 e. The number of aromatic nitrogens is 5. The van der Waals surface area contributed by atoms with Gasteiger partial charge in [-0.05, 0) is 44.4 Å². The van der Waals surface area contributed by atoms with Crippen LogP contribution in [0.1, 0.15) is 41.4 Å². The normalized spacial score (nSPS) is 17.0. The maximum Gasteiger partial charge on any atom is 0.435 e. The van der Waals surface area contributed by atoms with Crippen molar-refractivity contribution in [2.45, 2.75) is 51.5 Å². The van der Waals surface area contributed by atoms with Crippen molar-refractivity contribution in [3.05, 3.63) is 59.6 Å². The Morgan fingerprint density at radius 2 is 2.00 bits per heavy atom. The minimum atomic E-state index is -4.78. The summed E-state index contributed by atoms with van der Waals surface area (Å²) in [5.41, 5.74) is 4.81. The van der Waals surface area contributed by atoms with Crippen LogP contribution in [0.4, 0.5) is 29.1 Å². The SMILES string of the molecule is Cc1cc(Nc2nccn3c(-c4cn(CC#N)nc4C(F)(F)F)cnc23)cc(F)c1C(=O)NC(C)CNC(=O)C1CC(N)C1. The summed E-state index contributed by atoms with van der Waals surface area (Å²) in [5.74, 6) is -1.62. The number of alkyl halides is 3. The number of anilines is 2. The van der Waals surface area contributed by atoms with Gasteiger partial charge in [0.05, 0.1) is 29.1 Å². The van der Waals surface area contributed by atoms with Crippen molar-refractivity contribution in [2.75, 3.05) is 11.9 Å². The van der Waals surface area contributed by atoms with Gasteiger partial charge in [0.25, 0.3) is 5.91 Å². The van der Waals surface area contributed by atoms with Crippen LogP contribution in [-0.2, 0) is 17.5 Å². The lowest BCUT2D eigenvalue weighted by Crippen LogP contribution is -2.48. The van der Waals surface area contributed by atoms with Gasteiger partial charge in [0, 0.05) is 48.8 Å². The van der Waals surface area contributed by atoms with Crippen LogP contribution in [0.3, 0.4) is 0 Å². The van der Waals surface area contributed by atoms with Crippen molar-refractivity contribution < 1.29 is 27.2 Å². The third-order valence-corrected chi connectivity index (χ3v) is 7.25. The molecule has 1 aliphatic rings. The summed E-state index contributed by atoms with van der Waals surface area (Å²) in [5, 5.41) is 20.8. The topological polar surface area (TPSA) is 168 Å². The fourth-order valence-corrected chi connectivity index (χ4v) is 5.04.